The maximum Gasteiger partial charge on any atom is 0.335 e. The number of carboxylic acids is 1. The zero-order chi connectivity index (χ0) is 15.2. The highest BCUT2D eigenvalue weighted by molar-refractivity contribution is 7.85. The van der Waals surface area contributed by atoms with E-state index in [0.717, 1.165) is 0 Å². The van der Waals surface area contributed by atoms with E-state index < -0.39 is 16.1 Å². The number of carboxylic acid groups (broad SMARTS) is 1. The quantitative estimate of drug-likeness (QED) is 0.575. The molecule has 0 atom stereocenters. The van der Waals surface area contributed by atoms with Crippen molar-refractivity contribution >= 4 is 21.8 Å². The predicted octanol–water partition coefficient (Wildman–Crippen LogP) is 1.90. The summed E-state index contributed by atoms with van der Waals surface area (Å²) in [7, 11) is -4.00. The summed E-state index contributed by atoms with van der Waals surface area (Å²) in [6, 6.07) is 13.5. The number of hydrogen-bond acceptors (Lipinski definition) is 4. The fourth-order valence-electron chi connectivity index (χ4n) is 1.22. The third-order valence-corrected chi connectivity index (χ3v) is 3.07. The summed E-state index contributed by atoms with van der Waals surface area (Å²) in [5, 5.41) is 8.43. The Morgan fingerprint density at radius 3 is 1.80 bits per heavy atom. The van der Waals surface area contributed by atoms with Gasteiger partial charge in [-0.05, 0) is 36.4 Å². The first-order chi connectivity index (χ1) is 9.30. The van der Waals surface area contributed by atoms with Crippen molar-refractivity contribution in [2.75, 3.05) is 5.73 Å². The van der Waals surface area contributed by atoms with E-state index in [4.69, 9.17) is 15.4 Å². The van der Waals surface area contributed by atoms with Crippen molar-refractivity contribution in [3.05, 3.63) is 60.2 Å². The molecular weight excluding hydrogens is 282 g/mol. The van der Waals surface area contributed by atoms with Gasteiger partial charge >= 0.3 is 5.97 Å². The molecule has 20 heavy (non-hydrogen) atoms. The average molecular weight is 295 g/mol. The molecule has 106 valence electrons. The fourth-order valence-corrected chi connectivity index (χ4v) is 1.72. The molecule has 2 rings (SSSR count). The standard InChI is InChI=1S/C7H7NO2.C6H6O3S/c8-6-3-1-5(2-4-6)7(9)10;7-10(8,9)6-4-2-1-3-5-6/h1-4H,8H2,(H,9,10);1-5H,(H,7,8,9). The van der Waals surface area contributed by atoms with Crippen molar-refractivity contribution in [3.8, 4) is 0 Å². The Hall–Kier alpha value is -2.38. The lowest BCUT2D eigenvalue weighted by molar-refractivity contribution is 0.0697. The average Bonchev–Trinajstić information content (AvgIpc) is 2.40. The minimum atomic E-state index is -4.00. The number of nitrogens with two attached hydrogens (primary N) is 1. The molecule has 0 spiro atoms. The largest absolute Gasteiger partial charge is 0.478 e. The van der Waals surface area contributed by atoms with Crippen LogP contribution in [0.5, 0.6) is 0 Å². The van der Waals surface area contributed by atoms with Crippen LogP contribution in [-0.2, 0) is 10.1 Å². The van der Waals surface area contributed by atoms with E-state index in [-0.39, 0.29) is 10.5 Å². The Kier molecular flexibility index (Phi) is 5.24. The summed E-state index contributed by atoms with van der Waals surface area (Å²) in [6.07, 6.45) is 0. The second kappa shape index (κ2) is 6.69. The van der Waals surface area contributed by atoms with Crippen molar-refractivity contribution in [1.29, 1.82) is 0 Å². The molecule has 0 bridgehead atoms. The van der Waals surface area contributed by atoms with Crippen LogP contribution in [0.3, 0.4) is 0 Å². The number of benzene rings is 2. The lowest BCUT2D eigenvalue weighted by Gasteiger charge is -1.93. The van der Waals surface area contributed by atoms with Crippen molar-refractivity contribution in [1.82, 2.24) is 0 Å². The molecule has 0 heterocycles. The number of anilines is 1. The summed E-state index contributed by atoms with van der Waals surface area (Å²) in [6.45, 7) is 0. The molecule has 0 fully saturated rings. The Balaban J connectivity index is 0.000000200. The molecule has 0 amide bonds. The van der Waals surface area contributed by atoms with Gasteiger partial charge in [-0.15, -0.1) is 0 Å². The van der Waals surface area contributed by atoms with Crippen LogP contribution in [0.2, 0.25) is 0 Å². The van der Waals surface area contributed by atoms with E-state index in [1.165, 1.54) is 24.3 Å². The van der Waals surface area contributed by atoms with E-state index in [1.807, 2.05) is 0 Å². The fraction of sp³-hybridized carbons (Fsp3) is 0. The van der Waals surface area contributed by atoms with Gasteiger partial charge in [0.25, 0.3) is 10.1 Å². The Morgan fingerprint density at radius 1 is 0.950 bits per heavy atom. The van der Waals surface area contributed by atoms with Gasteiger partial charge in [0.1, 0.15) is 0 Å². The second-order valence-corrected chi connectivity index (χ2v) is 5.14. The molecule has 6 nitrogen and oxygen atoms in total. The highest BCUT2D eigenvalue weighted by atomic mass is 32.2. The molecule has 2 aromatic rings. The van der Waals surface area contributed by atoms with E-state index in [1.54, 1.807) is 30.3 Å². The van der Waals surface area contributed by atoms with E-state index in [9.17, 15) is 13.2 Å². The zero-order valence-corrected chi connectivity index (χ0v) is 11.1. The van der Waals surface area contributed by atoms with Crippen LogP contribution in [-0.4, -0.2) is 24.0 Å². The first-order valence-electron chi connectivity index (χ1n) is 5.42. The topological polar surface area (TPSA) is 118 Å². The maximum absolute atomic E-state index is 10.4. The molecule has 0 saturated carbocycles. The summed E-state index contributed by atoms with van der Waals surface area (Å²) in [5.41, 5.74) is 6.17. The van der Waals surface area contributed by atoms with Crippen molar-refractivity contribution in [2.45, 2.75) is 4.90 Å². The van der Waals surface area contributed by atoms with Crippen LogP contribution in [0.4, 0.5) is 5.69 Å². The Labute approximate surface area is 116 Å². The van der Waals surface area contributed by atoms with Crippen LogP contribution in [0.1, 0.15) is 10.4 Å². The number of rotatable bonds is 2. The third kappa shape index (κ3) is 5.09. The van der Waals surface area contributed by atoms with Crippen LogP contribution >= 0.6 is 0 Å². The SMILES string of the molecule is Nc1ccc(C(=O)O)cc1.O=S(=O)(O)c1ccccc1. The predicted molar refractivity (Wildman–Crippen MR) is 74.1 cm³/mol. The minimum absolute atomic E-state index is 0.0741. The summed E-state index contributed by atoms with van der Waals surface area (Å²) in [5.74, 6) is -0.931. The van der Waals surface area contributed by atoms with Gasteiger partial charge in [-0.25, -0.2) is 4.79 Å². The molecule has 7 heteroatoms. The van der Waals surface area contributed by atoms with E-state index >= 15 is 0 Å². The Morgan fingerprint density at radius 2 is 1.45 bits per heavy atom. The number of nitrogen functional groups attached to an aromatic ring is 1. The molecule has 0 aliphatic rings. The second-order valence-electron chi connectivity index (χ2n) is 3.72. The normalized spacial score (nSPS) is 10.2. The summed E-state index contributed by atoms with van der Waals surface area (Å²) < 4.78 is 29.2. The summed E-state index contributed by atoms with van der Waals surface area (Å²) >= 11 is 0. The first kappa shape index (κ1) is 15.7. The van der Waals surface area contributed by atoms with Gasteiger partial charge in [0.15, 0.2) is 0 Å². The van der Waals surface area contributed by atoms with Crippen molar-refractivity contribution < 1.29 is 22.9 Å². The molecule has 4 N–H and O–H groups in total. The lowest BCUT2D eigenvalue weighted by atomic mass is 10.2. The molecule has 0 aliphatic heterocycles. The van der Waals surface area contributed by atoms with Gasteiger partial charge in [0, 0.05) is 5.69 Å². The van der Waals surface area contributed by atoms with Gasteiger partial charge in [-0.1, -0.05) is 18.2 Å². The molecule has 0 saturated heterocycles. The van der Waals surface area contributed by atoms with Gasteiger partial charge < -0.3 is 10.8 Å². The van der Waals surface area contributed by atoms with Crippen LogP contribution in [0.25, 0.3) is 0 Å². The monoisotopic (exact) mass is 295 g/mol. The van der Waals surface area contributed by atoms with Gasteiger partial charge in [-0.3, -0.25) is 4.55 Å². The molecule has 0 aliphatic carbocycles. The van der Waals surface area contributed by atoms with E-state index in [0.29, 0.717) is 5.69 Å². The Bertz CT molecular complexity index is 666. The van der Waals surface area contributed by atoms with Gasteiger partial charge in [0.2, 0.25) is 0 Å². The number of aromatic carboxylic acids is 1. The molecule has 2 aromatic carbocycles. The molecular formula is C13H13NO5S. The highest BCUT2D eigenvalue weighted by Crippen LogP contribution is 2.05. The maximum atomic E-state index is 10.4. The smallest absolute Gasteiger partial charge is 0.335 e. The third-order valence-electron chi connectivity index (χ3n) is 2.20. The van der Waals surface area contributed by atoms with E-state index in [2.05, 4.69) is 0 Å². The zero-order valence-electron chi connectivity index (χ0n) is 10.3. The summed E-state index contributed by atoms with van der Waals surface area (Å²) in [4.78, 5) is 10.2. The number of carbonyl (C=O) groups is 1. The molecule has 0 unspecified atom stereocenters. The lowest BCUT2D eigenvalue weighted by Crippen LogP contribution is -1.96. The molecule has 0 radical (unpaired) electrons. The highest BCUT2D eigenvalue weighted by Gasteiger charge is 2.05. The van der Waals surface area contributed by atoms with Gasteiger partial charge in [-0.2, -0.15) is 8.42 Å². The van der Waals surface area contributed by atoms with Crippen molar-refractivity contribution in [3.63, 3.8) is 0 Å². The molecule has 0 aromatic heterocycles. The van der Waals surface area contributed by atoms with Crippen molar-refractivity contribution in [2.24, 2.45) is 0 Å². The minimum Gasteiger partial charge on any atom is -0.478 e. The van der Waals surface area contributed by atoms with Gasteiger partial charge in [0.05, 0.1) is 10.5 Å². The van der Waals surface area contributed by atoms with Crippen LogP contribution in [0.15, 0.2) is 59.5 Å². The van der Waals surface area contributed by atoms with Crippen LogP contribution in [0, 0.1) is 0 Å². The first-order valence-corrected chi connectivity index (χ1v) is 6.86. The van der Waals surface area contributed by atoms with Crippen LogP contribution < -0.4 is 5.73 Å². The number of hydrogen-bond donors (Lipinski definition) is 3.